The molecule has 0 saturated carbocycles. The molecule has 1 unspecified atom stereocenters. The Kier molecular flexibility index (Phi) is 5.03. The summed E-state index contributed by atoms with van der Waals surface area (Å²) in [4.78, 5) is 26.4. The van der Waals surface area contributed by atoms with Crippen molar-refractivity contribution >= 4 is 17.5 Å². The Morgan fingerprint density at radius 3 is 2.68 bits per heavy atom. The number of carbonyl (C=O) groups excluding carboxylic acids is 2. The highest BCUT2D eigenvalue weighted by Crippen LogP contribution is 2.23. The first-order valence-corrected chi connectivity index (χ1v) is 8.33. The lowest BCUT2D eigenvalue weighted by atomic mass is 10.1. The van der Waals surface area contributed by atoms with Crippen LogP contribution in [0.2, 0.25) is 0 Å². The zero-order chi connectivity index (χ0) is 17.8. The highest BCUT2D eigenvalue weighted by atomic mass is 16.5. The molecule has 1 heterocycles. The van der Waals surface area contributed by atoms with Gasteiger partial charge in [0.05, 0.1) is 13.0 Å². The largest absolute Gasteiger partial charge is 0.497 e. The van der Waals surface area contributed by atoms with Crippen molar-refractivity contribution in [2.45, 2.75) is 19.9 Å². The maximum atomic E-state index is 12.4. The van der Waals surface area contributed by atoms with Gasteiger partial charge < -0.3 is 15.0 Å². The van der Waals surface area contributed by atoms with Gasteiger partial charge in [0.25, 0.3) is 0 Å². The molecule has 1 atom stereocenters. The maximum absolute atomic E-state index is 12.4. The molecule has 5 nitrogen and oxygen atoms in total. The molecule has 1 fully saturated rings. The third-order valence-electron chi connectivity index (χ3n) is 4.40. The van der Waals surface area contributed by atoms with Crippen molar-refractivity contribution in [2.24, 2.45) is 5.92 Å². The van der Waals surface area contributed by atoms with Crippen LogP contribution in [0.4, 0.5) is 5.69 Å². The predicted octanol–water partition coefficient (Wildman–Crippen LogP) is 2.99. The van der Waals surface area contributed by atoms with E-state index < -0.39 is 0 Å². The summed E-state index contributed by atoms with van der Waals surface area (Å²) in [7, 11) is 1.62. The summed E-state index contributed by atoms with van der Waals surface area (Å²) in [6, 6.07) is 15.3. The summed E-state index contributed by atoms with van der Waals surface area (Å²) in [6.07, 6.45) is 0.258. The van der Waals surface area contributed by atoms with E-state index in [9.17, 15) is 9.59 Å². The summed E-state index contributed by atoms with van der Waals surface area (Å²) in [5.41, 5.74) is 2.88. The van der Waals surface area contributed by atoms with E-state index in [1.54, 1.807) is 12.0 Å². The van der Waals surface area contributed by atoms with Gasteiger partial charge in [0, 0.05) is 25.2 Å². The fraction of sp³-hybridized carbons (Fsp3) is 0.300. The topological polar surface area (TPSA) is 58.6 Å². The Hall–Kier alpha value is -2.82. The van der Waals surface area contributed by atoms with Gasteiger partial charge in [0.2, 0.25) is 11.8 Å². The van der Waals surface area contributed by atoms with Crippen molar-refractivity contribution < 1.29 is 14.3 Å². The molecule has 2 aromatic carbocycles. The minimum atomic E-state index is -0.314. The third-order valence-corrected chi connectivity index (χ3v) is 4.40. The van der Waals surface area contributed by atoms with E-state index in [1.165, 1.54) is 0 Å². The summed E-state index contributed by atoms with van der Waals surface area (Å²) in [5.74, 6) is 0.384. The lowest BCUT2D eigenvalue weighted by Crippen LogP contribution is -2.28. The molecular weight excluding hydrogens is 316 g/mol. The summed E-state index contributed by atoms with van der Waals surface area (Å²) < 4.78 is 5.14. The quantitative estimate of drug-likeness (QED) is 0.912. The van der Waals surface area contributed by atoms with Crippen molar-refractivity contribution in [3.63, 3.8) is 0 Å². The molecule has 1 aliphatic heterocycles. The lowest BCUT2D eigenvalue weighted by molar-refractivity contribution is -0.128. The van der Waals surface area contributed by atoms with E-state index in [-0.39, 0.29) is 24.2 Å². The average Bonchev–Trinajstić information content (AvgIpc) is 2.96. The number of aryl methyl sites for hydroxylation is 1. The van der Waals surface area contributed by atoms with Crippen LogP contribution in [0.25, 0.3) is 0 Å². The molecule has 25 heavy (non-hydrogen) atoms. The van der Waals surface area contributed by atoms with E-state index in [2.05, 4.69) is 5.32 Å². The molecule has 2 amide bonds. The number of benzene rings is 2. The third kappa shape index (κ3) is 4.18. The summed E-state index contributed by atoms with van der Waals surface area (Å²) in [5, 5.41) is 2.91. The van der Waals surface area contributed by atoms with Gasteiger partial charge in [0.1, 0.15) is 5.75 Å². The van der Waals surface area contributed by atoms with Gasteiger partial charge in [-0.3, -0.25) is 9.59 Å². The van der Waals surface area contributed by atoms with Crippen LogP contribution in [0.3, 0.4) is 0 Å². The van der Waals surface area contributed by atoms with E-state index in [4.69, 9.17) is 4.74 Å². The standard InChI is InChI=1S/C20H22N2O3/c1-14-4-3-5-17(10-14)21-20(24)16-11-19(23)22(13-16)12-15-6-8-18(25-2)9-7-15/h3-10,16H,11-13H2,1-2H3,(H,21,24). The normalized spacial score (nSPS) is 16.8. The number of hydrogen-bond acceptors (Lipinski definition) is 3. The van der Waals surface area contributed by atoms with E-state index in [1.807, 2.05) is 55.5 Å². The number of ether oxygens (including phenoxy) is 1. The minimum absolute atomic E-state index is 0.0141. The number of amides is 2. The molecule has 0 radical (unpaired) electrons. The number of methoxy groups -OCH3 is 1. The van der Waals surface area contributed by atoms with Gasteiger partial charge in [0.15, 0.2) is 0 Å². The molecule has 0 spiro atoms. The van der Waals surface area contributed by atoms with Crippen molar-refractivity contribution in [3.8, 4) is 5.75 Å². The van der Waals surface area contributed by atoms with Crippen LogP contribution in [-0.2, 0) is 16.1 Å². The Bertz CT molecular complexity index is 771. The molecular formula is C20H22N2O3. The Labute approximate surface area is 147 Å². The van der Waals surface area contributed by atoms with Crippen LogP contribution < -0.4 is 10.1 Å². The Morgan fingerprint density at radius 2 is 2.00 bits per heavy atom. The number of nitrogens with zero attached hydrogens (tertiary/aromatic N) is 1. The van der Waals surface area contributed by atoms with Gasteiger partial charge in [-0.05, 0) is 42.3 Å². The number of hydrogen-bond donors (Lipinski definition) is 1. The van der Waals surface area contributed by atoms with Crippen LogP contribution in [-0.4, -0.2) is 30.4 Å². The molecule has 0 bridgehead atoms. The Morgan fingerprint density at radius 1 is 1.24 bits per heavy atom. The Balaban J connectivity index is 1.60. The number of nitrogens with one attached hydrogen (secondary N) is 1. The van der Waals surface area contributed by atoms with Crippen molar-refractivity contribution in [1.29, 1.82) is 0 Å². The summed E-state index contributed by atoms with van der Waals surface area (Å²) >= 11 is 0. The fourth-order valence-electron chi connectivity index (χ4n) is 3.02. The molecule has 1 saturated heterocycles. The SMILES string of the molecule is COc1ccc(CN2CC(C(=O)Nc3cccc(C)c3)CC2=O)cc1. The summed E-state index contributed by atoms with van der Waals surface area (Å²) in [6.45, 7) is 2.94. The van der Waals surface area contributed by atoms with Gasteiger partial charge in [-0.2, -0.15) is 0 Å². The molecule has 1 aliphatic rings. The van der Waals surface area contributed by atoms with Crippen LogP contribution in [0.15, 0.2) is 48.5 Å². The zero-order valence-electron chi connectivity index (χ0n) is 14.5. The average molecular weight is 338 g/mol. The second-order valence-corrected chi connectivity index (χ2v) is 6.38. The first-order chi connectivity index (χ1) is 12.0. The number of carbonyl (C=O) groups is 2. The van der Waals surface area contributed by atoms with Crippen molar-refractivity contribution in [2.75, 3.05) is 19.0 Å². The van der Waals surface area contributed by atoms with Gasteiger partial charge in [-0.15, -0.1) is 0 Å². The molecule has 2 aromatic rings. The molecule has 3 rings (SSSR count). The highest BCUT2D eigenvalue weighted by molar-refractivity contribution is 5.97. The second-order valence-electron chi connectivity index (χ2n) is 6.38. The molecule has 1 N–H and O–H groups in total. The van der Waals surface area contributed by atoms with Crippen molar-refractivity contribution in [1.82, 2.24) is 4.90 Å². The minimum Gasteiger partial charge on any atom is -0.497 e. The van der Waals surface area contributed by atoms with E-state index >= 15 is 0 Å². The van der Waals surface area contributed by atoms with Crippen LogP contribution in [0.1, 0.15) is 17.5 Å². The predicted molar refractivity (Wildman–Crippen MR) is 96.3 cm³/mol. The fourth-order valence-corrected chi connectivity index (χ4v) is 3.02. The van der Waals surface area contributed by atoms with E-state index in [0.717, 1.165) is 22.6 Å². The van der Waals surface area contributed by atoms with Crippen LogP contribution >= 0.6 is 0 Å². The molecule has 0 aliphatic carbocycles. The lowest BCUT2D eigenvalue weighted by Gasteiger charge is -2.17. The smallest absolute Gasteiger partial charge is 0.229 e. The van der Waals surface area contributed by atoms with Gasteiger partial charge >= 0.3 is 0 Å². The highest BCUT2D eigenvalue weighted by Gasteiger charge is 2.34. The maximum Gasteiger partial charge on any atom is 0.229 e. The van der Waals surface area contributed by atoms with Crippen LogP contribution in [0, 0.1) is 12.8 Å². The van der Waals surface area contributed by atoms with Crippen molar-refractivity contribution in [3.05, 3.63) is 59.7 Å². The molecule has 130 valence electrons. The number of rotatable bonds is 5. The first-order valence-electron chi connectivity index (χ1n) is 8.33. The first kappa shape index (κ1) is 17.0. The number of anilines is 1. The van der Waals surface area contributed by atoms with Gasteiger partial charge in [-0.25, -0.2) is 0 Å². The van der Waals surface area contributed by atoms with Gasteiger partial charge in [-0.1, -0.05) is 24.3 Å². The number of likely N-dealkylation sites (tertiary alicyclic amines) is 1. The molecule has 5 heteroatoms. The monoisotopic (exact) mass is 338 g/mol. The zero-order valence-corrected chi connectivity index (χ0v) is 14.5. The second kappa shape index (κ2) is 7.38. The molecule has 0 aromatic heterocycles. The van der Waals surface area contributed by atoms with E-state index in [0.29, 0.717) is 13.1 Å². The van der Waals surface area contributed by atoms with Crippen LogP contribution in [0.5, 0.6) is 5.75 Å².